The second-order valence-electron chi connectivity index (χ2n) is 3.82. The van der Waals surface area contributed by atoms with Gasteiger partial charge in [0, 0.05) is 10.9 Å². The third-order valence-corrected chi connectivity index (χ3v) is 3.67. The van der Waals surface area contributed by atoms with Gasteiger partial charge in [-0.15, -0.1) is 11.3 Å². The average Bonchev–Trinajstić information content (AvgIpc) is 2.92. The molecule has 3 nitrogen and oxygen atoms in total. The Hall–Kier alpha value is -2.07. The van der Waals surface area contributed by atoms with E-state index in [0.717, 1.165) is 4.88 Å². The van der Waals surface area contributed by atoms with Gasteiger partial charge in [0.05, 0.1) is 18.1 Å². The summed E-state index contributed by atoms with van der Waals surface area (Å²) in [6.07, 6.45) is 1.51. The van der Waals surface area contributed by atoms with Gasteiger partial charge in [0.15, 0.2) is 0 Å². The van der Waals surface area contributed by atoms with Crippen molar-refractivity contribution in [1.82, 2.24) is 0 Å². The summed E-state index contributed by atoms with van der Waals surface area (Å²) >= 11 is 1.52. The second-order valence-corrected chi connectivity index (χ2v) is 4.77. The average molecular weight is 258 g/mol. The molecular weight excluding hydrogens is 248 g/mol. The molecule has 1 aromatic carbocycles. The van der Waals surface area contributed by atoms with Crippen molar-refractivity contribution < 1.29 is 9.15 Å². The molecule has 2 heterocycles. The fraction of sp³-hybridized carbons (Fsp3) is 0.0714. The molecule has 0 saturated heterocycles. The summed E-state index contributed by atoms with van der Waals surface area (Å²) in [4.78, 5) is 13.3. The van der Waals surface area contributed by atoms with Crippen LogP contribution in [0.2, 0.25) is 0 Å². The van der Waals surface area contributed by atoms with Gasteiger partial charge in [0.1, 0.15) is 17.6 Å². The second kappa shape index (κ2) is 4.31. The molecule has 0 N–H and O–H groups in total. The first-order valence-corrected chi connectivity index (χ1v) is 6.31. The van der Waals surface area contributed by atoms with E-state index in [1.807, 2.05) is 17.5 Å². The summed E-state index contributed by atoms with van der Waals surface area (Å²) < 4.78 is 10.6. The molecule has 3 rings (SSSR count). The summed E-state index contributed by atoms with van der Waals surface area (Å²) in [5.41, 5.74) is 1.13. The highest BCUT2D eigenvalue weighted by Gasteiger charge is 2.10. The van der Waals surface area contributed by atoms with Gasteiger partial charge in [-0.05, 0) is 23.6 Å². The number of ether oxygens (including phenoxy) is 1. The molecule has 0 amide bonds. The van der Waals surface area contributed by atoms with Crippen molar-refractivity contribution in [2.75, 3.05) is 7.11 Å². The van der Waals surface area contributed by atoms with Gasteiger partial charge >= 0.3 is 0 Å². The lowest BCUT2D eigenvalue weighted by Gasteiger charge is -2.02. The number of hydrogen-bond donors (Lipinski definition) is 0. The summed E-state index contributed by atoms with van der Waals surface area (Å²) in [6, 6.07) is 9.04. The number of fused-ring (bicyclic) bond motifs is 1. The maximum absolute atomic E-state index is 12.3. The molecule has 0 unspecified atom stereocenters. The molecule has 18 heavy (non-hydrogen) atoms. The molecule has 0 spiro atoms. The quantitative estimate of drug-likeness (QED) is 0.706. The van der Waals surface area contributed by atoms with Crippen molar-refractivity contribution in [1.29, 1.82) is 0 Å². The van der Waals surface area contributed by atoms with E-state index in [4.69, 9.17) is 9.15 Å². The topological polar surface area (TPSA) is 39.4 Å². The molecule has 2 aromatic heterocycles. The maximum Gasteiger partial charge on any atom is 0.201 e. The molecule has 0 atom stereocenters. The first kappa shape index (κ1) is 11.0. The number of rotatable bonds is 2. The van der Waals surface area contributed by atoms with E-state index in [1.165, 1.54) is 17.6 Å². The Kier molecular flexibility index (Phi) is 2.64. The summed E-state index contributed by atoms with van der Waals surface area (Å²) in [6.45, 7) is 0. The van der Waals surface area contributed by atoms with Gasteiger partial charge < -0.3 is 9.15 Å². The Morgan fingerprint density at radius 3 is 2.89 bits per heavy atom. The van der Waals surface area contributed by atoms with Crippen LogP contribution in [0, 0.1) is 0 Å². The molecule has 0 bridgehead atoms. The zero-order valence-electron chi connectivity index (χ0n) is 9.67. The Morgan fingerprint density at radius 2 is 2.17 bits per heavy atom. The van der Waals surface area contributed by atoms with Crippen LogP contribution < -0.4 is 10.2 Å². The van der Waals surface area contributed by atoms with Crippen LogP contribution in [0.25, 0.3) is 21.4 Å². The van der Waals surface area contributed by atoms with Gasteiger partial charge in [-0.3, -0.25) is 4.79 Å². The maximum atomic E-state index is 12.3. The number of thiophene rings is 1. The van der Waals surface area contributed by atoms with Crippen LogP contribution in [0.1, 0.15) is 0 Å². The van der Waals surface area contributed by atoms with Crippen LogP contribution in [0.4, 0.5) is 0 Å². The zero-order valence-corrected chi connectivity index (χ0v) is 10.5. The lowest BCUT2D eigenvalue weighted by atomic mass is 10.1. The highest BCUT2D eigenvalue weighted by atomic mass is 32.1. The van der Waals surface area contributed by atoms with E-state index >= 15 is 0 Å². The first-order chi connectivity index (χ1) is 8.79. The van der Waals surface area contributed by atoms with E-state index in [-0.39, 0.29) is 5.43 Å². The largest absolute Gasteiger partial charge is 0.497 e. The Bertz CT molecular complexity index is 741. The Balaban J connectivity index is 2.27. The van der Waals surface area contributed by atoms with Gasteiger partial charge in [0.2, 0.25) is 5.43 Å². The van der Waals surface area contributed by atoms with Crippen molar-refractivity contribution in [3.63, 3.8) is 0 Å². The molecule has 0 saturated carbocycles. The molecule has 90 valence electrons. The molecule has 0 fully saturated rings. The normalized spacial score (nSPS) is 10.7. The minimum atomic E-state index is -0.0126. The predicted molar refractivity (Wildman–Crippen MR) is 72.3 cm³/mol. The van der Waals surface area contributed by atoms with Crippen molar-refractivity contribution in [2.24, 2.45) is 0 Å². The van der Waals surface area contributed by atoms with Gasteiger partial charge in [0.25, 0.3) is 0 Å². The molecule has 0 aliphatic carbocycles. The van der Waals surface area contributed by atoms with Crippen LogP contribution in [0.5, 0.6) is 5.75 Å². The zero-order chi connectivity index (χ0) is 12.5. The molecule has 0 aliphatic rings. The predicted octanol–water partition coefficient (Wildman–Crippen LogP) is 3.53. The molecule has 0 radical (unpaired) electrons. The van der Waals surface area contributed by atoms with Crippen molar-refractivity contribution >= 4 is 22.3 Å². The van der Waals surface area contributed by atoms with Crippen molar-refractivity contribution in [3.8, 4) is 16.2 Å². The lowest BCUT2D eigenvalue weighted by molar-refractivity contribution is 0.414. The number of methoxy groups -OCH3 is 1. The monoisotopic (exact) mass is 258 g/mol. The Labute approximate surface area is 107 Å². The number of hydrogen-bond acceptors (Lipinski definition) is 4. The first-order valence-electron chi connectivity index (χ1n) is 5.43. The van der Waals surface area contributed by atoms with Crippen LogP contribution in [0.3, 0.4) is 0 Å². The molecule has 3 aromatic rings. The van der Waals surface area contributed by atoms with Crippen molar-refractivity contribution in [2.45, 2.75) is 0 Å². The SMILES string of the molecule is COc1ccc2c(=O)c(-c3cccs3)coc2c1. The fourth-order valence-electron chi connectivity index (χ4n) is 1.84. The van der Waals surface area contributed by atoms with E-state index in [0.29, 0.717) is 22.3 Å². The lowest BCUT2D eigenvalue weighted by Crippen LogP contribution is -2.03. The van der Waals surface area contributed by atoms with Crippen LogP contribution in [-0.4, -0.2) is 7.11 Å². The molecular formula is C14H10O3S. The van der Waals surface area contributed by atoms with E-state index in [2.05, 4.69) is 0 Å². The van der Waals surface area contributed by atoms with Gasteiger partial charge in [-0.1, -0.05) is 6.07 Å². The van der Waals surface area contributed by atoms with Gasteiger partial charge in [-0.2, -0.15) is 0 Å². The van der Waals surface area contributed by atoms with Gasteiger partial charge in [-0.25, -0.2) is 0 Å². The summed E-state index contributed by atoms with van der Waals surface area (Å²) in [5.74, 6) is 0.675. The third-order valence-electron chi connectivity index (χ3n) is 2.77. The standard InChI is InChI=1S/C14H10O3S/c1-16-9-4-5-10-12(7-9)17-8-11(14(10)15)13-3-2-6-18-13/h2-8H,1H3. The minimum absolute atomic E-state index is 0.0126. The van der Waals surface area contributed by atoms with E-state index in [9.17, 15) is 4.79 Å². The van der Waals surface area contributed by atoms with E-state index < -0.39 is 0 Å². The highest BCUT2D eigenvalue weighted by molar-refractivity contribution is 7.13. The fourth-order valence-corrected chi connectivity index (χ4v) is 2.57. The smallest absolute Gasteiger partial charge is 0.201 e. The summed E-state index contributed by atoms with van der Waals surface area (Å²) in [7, 11) is 1.58. The molecule has 0 aliphatic heterocycles. The molecule has 4 heteroatoms. The van der Waals surface area contributed by atoms with Crippen LogP contribution >= 0.6 is 11.3 Å². The summed E-state index contributed by atoms with van der Waals surface area (Å²) in [5, 5.41) is 2.51. The number of benzene rings is 1. The minimum Gasteiger partial charge on any atom is -0.497 e. The van der Waals surface area contributed by atoms with Crippen LogP contribution in [0.15, 0.2) is 51.2 Å². The third kappa shape index (κ3) is 1.71. The highest BCUT2D eigenvalue weighted by Crippen LogP contribution is 2.25. The Morgan fingerprint density at radius 1 is 1.28 bits per heavy atom. The van der Waals surface area contributed by atoms with Crippen molar-refractivity contribution in [3.05, 3.63) is 52.2 Å². The van der Waals surface area contributed by atoms with E-state index in [1.54, 1.807) is 25.3 Å². The van der Waals surface area contributed by atoms with Crippen LogP contribution in [-0.2, 0) is 0 Å².